The van der Waals surface area contributed by atoms with Crippen molar-refractivity contribution in [2.75, 3.05) is 7.11 Å². The van der Waals surface area contributed by atoms with Gasteiger partial charge in [0, 0.05) is 27.9 Å². The second kappa shape index (κ2) is 9.26. The van der Waals surface area contributed by atoms with Crippen LogP contribution in [0.3, 0.4) is 0 Å². The quantitative estimate of drug-likeness (QED) is 0.365. The number of hydrogen-bond acceptors (Lipinski definition) is 4. The summed E-state index contributed by atoms with van der Waals surface area (Å²) in [6.45, 7) is 4.73. The molecule has 1 aromatic carbocycles. The topological polar surface area (TPSA) is 75.6 Å². The van der Waals surface area contributed by atoms with Crippen LogP contribution in [0.25, 0.3) is 10.1 Å². The SMILES string of the molecule is COc1ccc2scc(C(=O)N[C@@H]3C[C@@H]4C[C@H]([C@H]3C/C=C\CCCC(=O)O)C4(C)C)c2c1. The van der Waals surface area contributed by atoms with E-state index in [1.54, 1.807) is 18.4 Å². The Morgan fingerprint density at radius 3 is 2.81 bits per heavy atom. The average molecular weight is 456 g/mol. The van der Waals surface area contributed by atoms with Gasteiger partial charge in [-0.2, -0.15) is 0 Å². The van der Waals surface area contributed by atoms with E-state index in [9.17, 15) is 9.59 Å². The number of aliphatic carboxylic acids is 1. The molecule has 2 bridgehead atoms. The number of hydrogen-bond donors (Lipinski definition) is 2. The molecule has 3 saturated carbocycles. The van der Waals surface area contributed by atoms with E-state index >= 15 is 0 Å². The predicted octanol–water partition coefficient (Wildman–Crippen LogP) is 5.89. The molecular formula is C26H33NO4S. The first kappa shape index (κ1) is 22.8. The first-order chi connectivity index (χ1) is 15.3. The third kappa shape index (κ3) is 4.42. The average Bonchev–Trinajstić information content (AvgIpc) is 3.19. The van der Waals surface area contributed by atoms with E-state index in [1.807, 2.05) is 23.6 Å². The Hall–Kier alpha value is -2.34. The number of unbranched alkanes of at least 4 members (excludes halogenated alkanes) is 1. The van der Waals surface area contributed by atoms with Crippen LogP contribution in [-0.4, -0.2) is 30.1 Å². The number of benzene rings is 1. The van der Waals surface area contributed by atoms with E-state index < -0.39 is 5.97 Å². The summed E-state index contributed by atoms with van der Waals surface area (Å²) in [6.07, 6.45) is 9.18. The van der Waals surface area contributed by atoms with Crippen LogP contribution >= 0.6 is 11.3 Å². The lowest BCUT2D eigenvalue weighted by molar-refractivity contribution is -0.137. The number of rotatable bonds is 9. The Morgan fingerprint density at radius 2 is 2.09 bits per heavy atom. The molecule has 0 aliphatic heterocycles. The minimum Gasteiger partial charge on any atom is -0.497 e. The van der Waals surface area contributed by atoms with E-state index in [0.717, 1.165) is 40.7 Å². The van der Waals surface area contributed by atoms with Crippen molar-refractivity contribution in [2.45, 2.75) is 58.4 Å². The minimum atomic E-state index is -0.741. The number of amides is 1. The molecule has 32 heavy (non-hydrogen) atoms. The molecule has 0 unspecified atom stereocenters. The number of nitrogens with one attached hydrogen (secondary N) is 1. The largest absolute Gasteiger partial charge is 0.497 e. The van der Waals surface area contributed by atoms with Crippen molar-refractivity contribution >= 4 is 33.3 Å². The van der Waals surface area contributed by atoms with Gasteiger partial charge in [0.25, 0.3) is 5.91 Å². The predicted molar refractivity (Wildman–Crippen MR) is 128 cm³/mol. The molecule has 0 radical (unpaired) electrons. The van der Waals surface area contributed by atoms with E-state index in [1.165, 1.54) is 6.42 Å². The maximum Gasteiger partial charge on any atom is 0.303 e. The number of carboxylic acids is 1. The van der Waals surface area contributed by atoms with Crippen molar-refractivity contribution in [3.8, 4) is 5.75 Å². The summed E-state index contributed by atoms with van der Waals surface area (Å²) in [6, 6.07) is 6.05. The van der Waals surface area contributed by atoms with Gasteiger partial charge in [-0.15, -0.1) is 11.3 Å². The summed E-state index contributed by atoms with van der Waals surface area (Å²) in [7, 11) is 1.64. The smallest absolute Gasteiger partial charge is 0.303 e. The standard InChI is InChI=1S/C26H33NO4S/c1-26(2)16-12-21(26)18(8-6-4-5-7-9-24(28)29)22(13-16)27-25(30)20-15-32-23-11-10-17(31-3)14-19(20)23/h4,6,10-11,14-16,18,21-22H,5,7-9,12-13H2,1-3H3,(H,27,30)(H,28,29)/b6-4-/t16-,18+,21+,22+/m0/s1. The van der Waals surface area contributed by atoms with Gasteiger partial charge >= 0.3 is 5.97 Å². The Bertz CT molecular complexity index is 1020. The number of carbonyl (C=O) groups excluding carboxylic acids is 1. The molecule has 3 fully saturated rings. The molecule has 1 heterocycles. The summed E-state index contributed by atoms with van der Waals surface area (Å²) in [5, 5.41) is 15.1. The van der Waals surface area contributed by atoms with Gasteiger partial charge in [0.05, 0.1) is 12.7 Å². The van der Waals surface area contributed by atoms with Crippen molar-refractivity contribution in [3.63, 3.8) is 0 Å². The van der Waals surface area contributed by atoms with Crippen molar-refractivity contribution < 1.29 is 19.4 Å². The third-order valence-electron chi connectivity index (χ3n) is 7.80. The first-order valence-electron chi connectivity index (χ1n) is 11.5. The normalized spacial score (nSPS) is 26.1. The van der Waals surface area contributed by atoms with Gasteiger partial charge in [-0.25, -0.2) is 0 Å². The van der Waals surface area contributed by atoms with Gasteiger partial charge in [-0.3, -0.25) is 9.59 Å². The molecule has 0 spiro atoms. The van der Waals surface area contributed by atoms with Crippen molar-refractivity contribution in [3.05, 3.63) is 41.3 Å². The molecule has 4 atom stereocenters. The molecule has 2 N–H and O–H groups in total. The monoisotopic (exact) mass is 455 g/mol. The van der Waals surface area contributed by atoms with Crippen molar-refractivity contribution in [2.24, 2.45) is 23.2 Å². The highest BCUT2D eigenvalue weighted by atomic mass is 32.1. The summed E-state index contributed by atoms with van der Waals surface area (Å²) < 4.78 is 6.44. The first-order valence-corrected chi connectivity index (χ1v) is 12.4. The summed E-state index contributed by atoms with van der Waals surface area (Å²) in [4.78, 5) is 24.0. The molecule has 3 aliphatic rings. The Labute approximate surface area is 193 Å². The second-order valence-electron chi connectivity index (χ2n) is 9.84. The summed E-state index contributed by atoms with van der Waals surface area (Å²) in [5.74, 6) is 1.70. The number of thiophene rings is 1. The molecule has 172 valence electrons. The highest BCUT2D eigenvalue weighted by Gasteiger charge is 2.57. The molecule has 2 aromatic rings. The van der Waals surface area contributed by atoms with E-state index in [2.05, 4.69) is 31.3 Å². The summed E-state index contributed by atoms with van der Waals surface area (Å²) >= 11 is 1.59. The van der Waals surface area contributed by atoms with Gasteiger partial charge in [-0.1, -0.05) is 26.0 Å². The fourth-order valence-corrected chi connectivity index (χ4v) is 6.66. The number of fused-ring (bicyclic) bond motifs is 3. The molecular weight excluding hydrogens is 422 g/mol. The van der Waals surface area contributed by atoms with E-state index in [4.69, 9.17) is 9.84 Å². The fraction of sp³-hybridized carbons (Fsp3) is 0.538. The minimum absolute atomic E-state index is 0.00375. The third-order valence-corrected chi connectivity index (χ3v) is 8.76. The molecule has 0 saturated heterocycles. The van der Waals surface area contributed by atoms with Crippen molar-refractivity contribution in [1.29, 1.82) is 0 Å². The lowest BCUT2D eigenvalue weighted by Gasteiger charge is -2.62. The Morgan fingerprint density at radius 1 is 1.28 bits per heavy atom. The molecule has 1 amide bonds. The molecule has 1 aromatic heterocycles. The Balaban J connectivity index is 1.46. The molecule has 5 rings (SSSR count). The van der Waals surface area contributed by atoms with Crippen LogP contribution in [0.4, 0.5) is 0 Å². The van der Waals surface area contributed by atoms with Gasteiger partial charge in [0.2, 0.25) is 0 Å². The van der Waals surface area contributed by atoms with Gasteiger partial charge in [-0.05, 0) is 73.5 Å². The van der Waals surface area contributed by atoms with Gasteiger partial charge in [0.15, 0.2) is 0 Å². The van der Waals surface area contributed by atoms with Crippen LogP contribution in [0.5, 0.6) is 5.75 Å². The maximum atomic E-state index is 13.3. The zero-order valence-electron chi connectivity index (χ0n) is 19.1. The van der Waals surface area contributed by atoms with Crippen molar-refractivity contribution in [1.82, 2.24) is 5.32 Å². The molecule has 3 aliphatic carbocycles. The number of allylic oxidation sites excluding steroid dienone is 2. The fourth-order valence-electron chi connectivity index (χ4n) is 5.74. The van der Waals surface area contributed by atoms with Crippen LogP contribution in [0.1, 0.15) is 62.7 Å². The Kier molecular flexibility index (Phi) is 6.61. The number of carbonyl (C=O) groups is 2. The van der Waals surface area contributed by atoms with Gasteiger partial charge in [0.1, 0.15) is 5.75 Å². The number of methoxy groups -OCH3 is 1. The van der Waals surface area contributed by atoms with Crippen LogP contribution in [0, 0.1) is 23.2 Å². The highest BCUT2D eigenvalue weighted by molar-refractivity contribution is 7.17. The van der Waals surface area contributed by atoms with Crippen LogP contribution < -0.4 is 10.1 Å². The zero-order valence-corrected chi connectivity index (χ0v) is 19.9. The van der Waals surface area contributed by atoms with E-state index in [-0.39, 0.29) is 18.4 Å². The lowest BCUT2D eigenvalue weighted by Crippen LogP contribution is -2.61. The summed E-state index contributed by atoms with van der Waals surface area (Å²) in [5.41, 5.74) is 1.05. The van der Waals surface area contributed by atoms with Crippen LogP contribution in [0.2, 0.25) is 0 Å². The number of carboxylic acid groups (broad SMARTS) is 1. The zero-order chi connectivity index (χ0) is 22.9. The van der Waals surface area contributed by atoms with E-state index in [0.29, 0.717) is 29.6 Å². The second-order valence-corrected chi connectivity index (χ2v) is 10.8. The molecule has 5 nitrogen and oxygen atoms in total. The lowest BCUT2D eigenvalue weighted by atomic mass is 9.44. The highest BCUT2D eigenvalue weighted by Crippen LogP contribution is 2.62. The number of ether oxygens (including phenoxy) is 1. The van der Waals surface area contributed by atoms with Gasteiger partial charge < -0.3 is 15.2 Å². The van der Waals surface area contributed by atoms with Crippen LogP contribution in [-0.2, 0) is 4.79 Å². The maximum absolute atomic E-state index is 13.3. The van der Waals surface area contributed by atoms with Crippen LogP contribution in [0.15, 0.2) is 35.7 Å². The molecule has 6 heteroatoms.